The number of hydrogen-bond acceptors (Lipinski definition) is 0. The minimum Gasteiger partial charge on any atom is -0.358 e. The number of rotatable bonds is 0. The first kappa shape index (κ1) is 18.4. The summed E-state index contributed by atoms with van der Waals surface area (Å²) in [6.07, 6.45) is 0.814. The van der Waals surface area contributed by atoms with Gasteiger partial charge in [-0.25, -0.2) is 8.78 Å². The first-order chi connectivity index (χ1) is 4.80. The third-order valence-corrected chi connectivity index (χ3v) is 1.43. The zero-order chi connectivity index (χ0) is 7.98. The summed E-state index contributed by atoms with van der Waals surface area (Å²) >= 11 is 0. The van der Waals surface area contributed by atoms with Crippen molar-refractivity contribution >= 4 is 0 Å². The Bertz CT molecular complexity index is 68.9. The van der Waals surface area contributed by atoms with Gasteiger partial charge in [-0.3, -0.25) is 0 Å². The molecule has 74 valence electrons. The van der Waals surface area contributed by atoms with Gasteiger partial charge in [0.05, 0.1) is 0 Å². The van der Waals surface area contributed by atoms with Crippen LogP contribution in [0.15, 0.2) is 0 Å². The number of alkyl halides is 2. The second kappa shape index (κ2) is 11.5. The largest absolute Gasteiger partial charge is 2.00 e. The molecule has 1 fully saturated rings. The Labute approximate surface area is 89.4 Å². The second-order valence-electron chi connectivity index (χ2n) is 2.13. The third-order valence-electron chi connectivity index (χ3n) is 1.43. The molecule has 1 rings (SSSR count). The molecule has 1 saturated carbocycles. The van der Waals surface area contributed by atoms with Crippen molar-refractivity contribution in [3.8, 4) is 0 Å². The monoisotopic (exact) mass is 348 g/mol. The van der Waals surface area contributed by atoms with E-state index in [1.54, 1.807) is 6.42 Å². The van der Waals surface area contributed by atoms with E-state index in [1.165, 1.54) is 0 Å². The van der Waals surface area contributed by atoms with Crippen LogP contribution in [0.1, 0.15) is 33.1 Å². The maximum Gasteiger partial charge on any atom is 2.00 e. The Balaban J connectivity index is -0.000000189. The Hall–Kier alpha value is 0.548. The summed E-state index contributed by atoms with van der Waals surface area (Å²) in [7, 11) is 0. The summed E-state index contributed by atoms with van der Waals surface area (Å²) in [4.78, 5) is 0. The van der Waals surface area contributed by atoms with Crippen LogP contribution in [0.5, 0.6) is 0 Å². The molecular formula is C9H18F2W. The summed E-state index contributed by atoms with van der Waals surface area (Å²) in [5.74, 6) is 0. The van der Waals surface area contributed by atoms with Gasteiger partial charge in [0.1, 0.15) is 12.3 Å². The molecule has 0 heterocycles. The first-order valence-corrected chi connectivity index (χ1v) is 3.90. The van der Waals surface area contributed by atoms with Crippen LogP contribution in [0.2, 0.25) is 0 Å². The maximum atomic E-state index is 12.2. The van der Waals surface area contributed by atoms with Crippen LogP contribution >= 0.6 is 0 Å². The molecule has 1 aliphatic rings. The van der Waals surface area contributed by atoms with Crippen molar-refractivity contribution in [1.29, 1.82) is 0 Å². The van der Waals surface area contributed by atoms with Crippen LogP contribution in [0, 0.1) is 13.8 Å². The first-order valence-electron chi connectivity index (χ1n) is 3.90. The fourth-order valence-corrected chi connectivity index (χ4v) is 0.883. The standard InChI is InChI=1S/C6H9F2.C2H6.CH3.W/c7-5-3-1-2-4-6(5)8;1-2;;/h1,5-6H,2-4H2;1-2H3;1H3;/q-1;;-1;+2. The van der Waals surface area contributed by atoms with Crippen LogP contribution in [-0.4, -0.2) is 12.3 Å². The zero-order valence-electron chi connectivity index (χ0n) is 8.02. The molecule has 2 atom stereocenters. The topological polar surface area (TPSA) is 0 Å². The average molecular weight is 348 g/mol. The Morgan fingerprint density at radius 2 is 1.67 bits per heavy atom. The average Bonchev–Trinajstić information content (AvgIpc) is 2.00. The van der Waals surface area contributed by atoms with Gasteiger partial charge in [0.15, 0.2) is 0 Å². The smallest absolute Gasteiger partial charge is 0.358 e. The summed E-state index contributed by atoms with van der Waals surface area (Å²) in [6.45, 7) is 4.00. The van der Waals surface area contributed by atoms with Crippen molar-refractivity contribution in [3.63, 3.8) is 0 Å². The van der Waals surface area contributed by atoms with Gasteiger partial charge in [-0.15, -0.1) is 6.42 Å². The molecule has 1 aliphatic carbocycles. The minimum absolute atomic E-state index is 0. The van der Waals surface area contributed by atoms with E-state index in [1.807, 2.05) is 13.8 Å². The molecule has 0 aromatic rings. The van der Waals surface area contributed by atoms with Crippen LogP contribution in [0.4, 0.5) is 8.78 Å². The fraction of sp³-hybridized carbons (Fsp3) is 0.778. The predicted octanol–water partition coefficient (Wildman–Crippen LogP) is 3.52. The maximum absolute atomic E-state index is 12.2. The van der Waals surface area contributed by atoms with E-state index in [0.29, 0.717) is 12.8 Å². The van der Waals surface area contributed by atoms with Crippen molar-refractivity contribution in [3.05, 3.63) is 13.8 Å². The number of halogens is 2. The molecule has 0 bridgehead atoms. The molecule has 0 N–H and O–H groups in total. The Morgan fingerprint density at radius 1 is 1.17 bits per heavy atom. The second-order valence-corrected chi connectivity index (χ2v) is 2.13. The Morgan fingerprint density at radius 3 is 1.92 bits per heavy atom. The van der Waals surface area contributed by atoms with Crippen LogP contribution in [-0.2, 0) is 21.1 Å². The van der Waals surface area contributed by atoms with Crippen LogP contribution in [0.25, 0.3) is 0 Å². The van der Waals surface area contributed by atoms with E-state index in [9.17, 15) is 8.78 Å². The van der Waals surface area contributed by atoms with Gasteiger partial charge in [-0.2, -0.15) is 6.42 Å². The van der Waals surface area contributed by atoms with E-state index in [-0.39, 0.29) is 28.5 Å². The zero-order valence-corrected chi connectivity index (χ0v) is 11.0. The number of hydrogen-bond donors (Lipinski definition) is 0. The molecule has 3 heteroatoms. The summed E-state index contributed by atoms with van der Waals surface area (Å²) < 4.78 is 24.4. The molecule has 0 aliphatic heterocycles. The fourth-order valence-electron chi connectivity index (χ4n) is 0.883. The van der Waals surface area contributed by atoms with E-state index >= 15 is 0 Å². The molecule has 0 amide bonds. The van der Waals surface area contributed by atoms with Gasteiger partial charge in [-0.05, 0) is 6.42 Å². The van der Waals surface area contributed by atoms with E-state index in [0.717, 1.165) is 6.42 Å². The van der Waals surface area contributed by atoms with Crippen molar-refractivity contribution < 1.29 is 29.8 Å². The van der Waals surface area contributed by atoms with E-state index in [4.69, 9.17) is 0 Å². The summed E-state index contributed by atoms with van der Waals surface area (Å²) in [5.41, 5.74) is 0. The normalized spacial score (nSPS) is 27.0. The van der Waals surface area contributed by atoms with Crippen molar-refractivity contribution in [2.24, 2.45) is 0 Å². The molecule has 0 aromatic heterocycles. The van der Waals surface area contributed by atoms with Gasteiger partial charge < -0.3 is 13.8 Å². The van der Waals surface area contributed by atoms with Gasteiger partial charge in [0, 0.05) is 0 Å². The predicted molar refractivity (Wildman–Crippen MR) is 45.7 cm³/mol. The van der Waals surface area contributed by atoms with Crippen LogP contribution in [0.3, 0.4) is 0 Å². The Kier molecular flexibility index (Phi) is 17.7. The quantitative estimate of drug-likeness (QED) is 0.588. The molecule has 0 nitrogen and oxygen atoms in total. The van der Waals surface area contributed by atoms with Crippen molar-refractivity contribution in [2.45, 2.75) is 45.5 Å². The van der Waals surface area contributed by atoms with E-state index < -0.39 is 12.3 Å². The molecule has 2 unspecified atom stereocenters. The van der Waals surface area contributed by atoms with Crippen LogP contribution < -0.4 is 0 Å². The molecular weight excluding hydrogens is 330 g/mol. The minimum atomic E-state index is -1.22. The molecule has 0 radical (unpaired) electrons. The third kappa shape index (κ3) is 7.21. The van der Waals surface area contributed by atoms with Gasteiger partial charge in [0.25, 0.3) is 0 Å². The van der Waals surface area contributed by atoms with E-state index in [2.05, 4.69) is 0 Å². The molecule has 0 aromatic carbocycles. The van der Waals surface area contributed by atoms with Crippen molar-refractivity contribution in [1.82, 2.24) is 0 Å². The summed E-state index contributed by atoms with van der Waals surface area (Å²) in [5, 5.41) is 0. The van der Waals surface area contributed by atoms with Gasteiger partial charge >= 0.3 is 21.1 Å². The summed E-state index contributed by atoms with van der Waals surface area (Å²) in [6, 6.07) is 0. The molecule has 0 spiro atoms. The van der Waals surface area contributed by atoms with Gasteiger partial charge in [0.2, 0.25) is 0 Å². The SMILES string of the molecule is CC.FC1C[CH-]CCC1F.[CH3-].[W+2]. The molecule has 12 heavy (non-hydrogen) atoms. The van der Waals surface area contributed by atoms with Crippen molar-refractivity contribution in [2.75, 3.05) is 0 Å². The van der Waals surface area contributed by atoms with Gasteiger partial charge in [-0.1, -0.05) is 13.8 Å². The molecule has 0 saturated heterocycles.